The van der Waals surface area contributed by atoms with Gasteiger partial charge in [-0.2, -0.15) is 0 Å². The second kappa shape index (κ2) is 5.05. The Morgan fingerprint density at radius 2 is 2.00 bits per heavy atom. The molecule has 108 valence electrons. The van der Waals surface area contributed by atoms with Gasteiger partial charge in [0, 0.05) is 32.4 Å². The zero-order valence-corrected chi connectivity index (χ0v) is 12.1. The molecule has 2 saturated heterocycles. The van der Waals surface area contributed by atoms with Crippen LogP contribution in [0.1, 0.15) is 23.2 Å². The summed E-state index contributed by atoms with van der Waals surface area (Å²) < 4.78 is 4.68. The molecule has 0 aromatic carbocycles. The Bertz CT molecular complexity index is 484. The average Bonchev–Trinajstić information content (AvgIpc) is 2.46. The van der Waals surface area contributed by atoms with Gasteiger partial charge in [0.25, 0.3) is 0 Å². The minimum absolute atomic E-state index is 0.334. The largest absolute Gasteiger partial charge is 0.465 e. The van der Waals surface area contributed by atoms with Crippen molar-refractivity contribution in [1.29, 1.82) is 0 Å². The van der Waals surface area contributed by atoms with Gasteiger partial charge in [-0.25, -0.2) is 9.78 Å². The van der Waals surface area contributed by atoms with Gasteiger partial charge < -0.3 is 14.5 Å². The van der Waals surface area contributed by atoms with Crippen molar-refractivity contribution in [3.8, 4) is 0 Å². The van der Waals surface area contributed by atoms with Gasteiger partial charge >= 0.3 is 5.97 Å². The van der Waals surface area contributed by atoms with Gasteiger partial charge in [0.05, 0.1) is 12.7 Å². The van der Waals surface area contributed by atoms with E-state index >= 15 is 0 Å². The van der Waals surface area contributed by atoms with Crippen LogP contribution in [-0.4, -0.2) is 56.2 Å². The smallest absolute Gasteiger partial charge is 0.339 e. The summed E-state index contributed by atoms with van der Waals surface area (Å²) in [6.07, 6.45) is 4.07. The van der Waals surface area contributed by atoms with Gasteiger partial charge in [0.1, 0.15) is 5.82 Å². The maximum absolute atomic E-state index is 11.4. The monoisotopic (exact) mass is 275 g/mol. The maximum atomic E-state index is 11.4. The second-order valence-corrected chi connectivity index (χ2v) is 6.06. The molecule has 0 unspecified atom stereocenters. The van der Waals surface area contributed by atoms with Crippen molar-refractivity contribution in [2.45, 2.75) is 12.8 Å². The average molecular weight is 275 g/mol. The van der Waals surface area contributed by atoms with Crippen LogP contribution in [0.2, 0.25) is 0 Å². The number of hydrogen-bond acceptors (Lipinski definition) is 5. The number of carbonyl (C=O) groups excluding carboxylic acids is 1. The standard InChI is InChI=1S/C15H21N3O2/c1-17-10-15(11-17)5-7-18(8-6-15)13-4-3-12(9-16-13)14(19)20-2/h3-4,9H,5-8,10-11H2,1-2H3. The number of nitrogens with zero attached hydrogens (tertiary/aromatic N) is 3. The molecule has 5 nitrogen and oxygen atoms in total. The third-order valence-electron chi connectivity index (χ3n) is 4.53. The Morgan fingerprint density at radius 1 is 1.30 bits per heavy atom. The Balaban J connectivity index is 1.62. The van der Waals surface area contributed by atoms with E-state index in [9.17, 15) is 4.79 Å². The number of anilines is 1. The first-order valence-corrected chi connectivity index (χ1v) is 7.10. The molecular weight excluding hydrogens is 254 g/mol. The van der Waals surface area contributed by atoms with Crippen molar-refractivity contribution in [1.82, 2.24) is 9.88 Å². The van der Waals surface area contributed by atoms with E-state index in [0.717, 1.165) is 18.9 Å². The highest BCUT2D eigenvalue weighted by Gasteiger charge is 2.43. The zero-order chi connectivity index (χ0) is 14.2. The molecule has 0 radical (unpaired) electrons. The molecule has 0 saturated carbocycles. The second-order valence-electron chi connectivity index (χ2n) is 6.06. The van der Waals surface area contributed by atoms with Gasteiger partial charge in [-0.3, -0.25) is 0 Å². The molecule has 0 bridgehead atoms. The summed E-state index contributed by atoms with van der Waals surface area (Å²) in [6.45, 7) is 4.57. The number of rotatable bonds is 2. The number of hydrogen-bond donors (Lipinski definition) is 0. The molecule has 0 aliphatic carbocycles. The minimum Gasteiger partial charge on any atom is -0.465 e. The third-order valence-corrected chi connectivity index (χ3v) is 4.53. The van der Waals surface area contributed by atoms with E-state index in [1.807, 2.05) is 6.07 Å². The van der Waals surface area contributed by atoms with Crippen LogP contribution >= 0.6 is 0 Å². The van der Waals surface area contributed by atoms with Gasteiger partial charge in [0.2, 0.25) is 0 Å². The summed E-state index contributed by atoms with van der Waals surface area (Å²) in [5.41, 5.74) is 1.06. The van der Waals surface area contributed by atoms with E-state index in [-0.39, 0.29) is 5.97 Å². The first-order valence-electron chi connectivity index (χ1n) is 7.10. The van der Waals surface area contributed by atoms with Crippen LogP contribution in [0.5, 0.6) is 0 Å². The van der Waals surface area contributed by atoms with Gasteiger partial charge in [-0.15, -0.1) is 0 Å². The molecule has 2 aliphatic heterocycles. The third kappa shape index (κ3) is 2.38. The van der Waals surface area contributed by atoms with Crippen LogP contribution in [0, 0.1) is 5.41 Å². The van der Waals surface area contributed by atoms with Crippen molar-refractivity contribution in [3.63, 3.8) is 0 Å². The molecule has 2 fully saturated rings. The summed E-state index contributed by atoms with van der Waals surface area (Å²) in [5.74, 6) is 0.624. The first kappa shape index (κ1) is 13.4. The quantitative estimate of drug-likeness (QED) is 0.764. The summed E-state index contributed by atoms with van der Waals surface area (Å²) in [5, 5.41) is 0. The van der Waals surface area contributed by atoms with Crippen LogP contribution in [0.25, 0.3) is 0 Å². The fourth-order valence-corrected chi connectivity index (χ4v) is 3.44. The number of aromatic nitrogens is 1. The summed E-state index contributed by atoms with van der Waals surface area (Å²) in [6, 6.07) is 3.70. The fourth-order valence-electron chi connectivity index (χ4n) is 3.44. The number of carbonyl (C=O) groups is 1. The van der Waals surface area contributed by atoms with Crippen LogP contribution < -0.4 is 4.90 Å². The lowest BCUT2D eigenvalue weighted by molar-refractivity contribution is 0.00122. The Morgan fingerprint density at radius 3 is 2.50 bits per heavy atom. The van der Waals surface area contributed by atoms with Crippen LogP contribution in [0.3, 0.4) is 0 Å². The molecule has 1 aromatic heterocycles. The van der Waals surface area contributed by atoms with Gasteiger partial charge in [0.15, 0.2) is 0 Å². The molecule has 3 rings (SSSR count). The molecule has 1 aromatic rings. The Labute approximate surface area is 119 Å². The van der Waals surface area contributed by atoms with Crippen LogP contribution in [0.4, 0.5) is 5.82 Å². The molecule has 5 heteroatoms. The van der Waals surface area contributed by atoms with Crippen molar-refractivity contribution in [3.05, 3.63) is 23.9 Å². The molecule has 0 N–H and O–H groups in total. The van der Waals surface area contributed by atoms with E-state index in [2.05, 4.69) is 26.6 Å². The predicted octanol–water partition coefficient (Wildman–Crippen LogP) is 1.40. The molecule has 2 aliphatic rings. The number of pyridine rings is 1. The van der Waals surface area contributed by atoms with E-state index in [4.69, 9.17) is 0 Å². The molecule has 3 heterocycles. The van der Waals surface area contributed by atoms with Gasteiger partial charge in [-0.1, -0.05) is 0 Å². The minimum atomic E-state index is -0.334. The van der Waals surface area contributed by atoms with Crippen LogP contribution in [0.15, 0.2) is 18.3 Å². The highest BCUT2D eigenvalue weighted by Crippen LogP contribution is 2.40. The van der Waals surface area contributed by atoms with Crippen molar-refractivity contribution in [2.24, 2.45) is 5.41 Å². The van der Waals surface area contributed by atoms with Crippen LogP contribution in [-0.2, 0) is 4.74 Å². The SMILES string of the molecule is COC(=O)c1ccc(N2CCC3(CC2)CN(C)C3)nc1. The molecule has 20 heavy (non-hydrogen) atoms. The predicted molar refractivity (Wildman–Crippen MR) is 77.0 cm³/mol. The number of piperidine rings is 1. The number of ether oxygens (including phenoxy) is 1. The van der Waals surface area contributed by atoms with Gasteiger partial charge in [-0.05, 0) is 37.4 Å². The highest BCUT2D eigenvalue weighted by atomic mass is 16.5. The lowest BCUT2D eigenvalue weighted by Gasteiger charge is -2.53. The van der Waals surface area contributed by atoms with E-state index in [0.29, 0.717) is 11.0 Å². The summed E-state index contributed by atoms with van der Waals surface area (Å²) in [7, 11) is 3.57. The zero-order valence-electron chi connectivity index (χ0n) is 12.1. The van der Waals surface area contributed by atoms with E-state index < -0.39 is 0 Å². The number of methoxy groups -OCH3 is 1. The molecule has 0 atom stereocenters. The molecular formula is C15H21N3O2. The Hall–Kier alpha value is -1.62. The lowest BCUT2D eigenvalue weighted by Crippen LogP contribution is -2.58. The number of likely N-dealkylation sites (tertiary alicyclic amines) is 1. The summed E-state index contributed by atoms with van der Waals surface area (Å²) >= 11 is 0. The molecule has 1 spiro atoms. The maximum Gasteiger partial charge on any atom is 0.339 e. The molecule has 0 amide bonds. The van der Waals surface area contributed by atoms with Crippen molar-refractivity contribution >= 4 is 11.8 Å². The van der Waals surface area contributed by atoms with Crippen molar-refractivity contribution in [2.75, 3.05) is 45.2 Å². The summed E-state index contributed by atoms with van der Waals surface area (Å²) in [4.78, 5) is 20.5. The van der Waals surface area contributed by atoms with E-state index in [1.165, 1.54) is 33.0 Å². The Kier molecular flexibility index (Phi) is 3.38. The first-order chi connectivity index (χ1) is 9.62. The highest BCUT2D eigenvalue weighted by molar-refractivity contribution is 5.89. The number of esters is 1. The lowest BCUT2D eigenvalue weighted by atomic mass is 9.72. The van der Waals surface area contributed by atoms with Crippen molar-refractivity contribution < 1.29 is 9.53 Å². The fraction of sp³-hybridized carbons (Fsp3) is 0.600. The topological polar surface area (TPSA) is 45.7 Å². The normalized spacial score (nSPS) is 21.6. The van der Waals surface area contributed by atoms with E-state index in [1.54, 1.807) is 12.3 Å².